The first-order valence-electron chi connectivity index (χ1n) is 8.23. The molecule has 1 saturated heterocycles. The predicted octanol–water partition coefficient (Wildman–Crippen LogP) is 3.60. The SMILES string of the molecule is CCCCCCCC1(C2(C=CC(=O)OC)CC2)OCCO1. The Labute approximate surface area is 127 Å². The van der Waals surface area contributed by atoms with Crippen molar-refractivity contribution in [1.82, 2.24) is 0 Å². The van der Waals surface area contributed by atoms with Crippen LogP contribution in [-0.4, -0.2) is 32.1 Å². The van der Waals surface area contributed by atoms with Gasteiger partial charge in [0.1, 0.15) is 0 Å². The van der Waals surface area contributed by atoms with Crippen LogP contribution >= 0.6 is 0 Å². The molecule has 0 amide bonds. The lowest BCUT2D eigenvalue weighted by atomic mass is 9.89. The monoisotopic (exact) mass is 296 g/mol. The molecule has 0 aromatic carbocycles. The quantitative estimate of drug-likeness (QED) is 0.370. The normalized spacial score (nSPS) is 22.6. The maximum atomic E-state index is 11.3. The lowest BCUT2D eigenvalue weighted by molar-refractivity contribution is -0.199. The van der Waals surface area contributed by atoms with Gasteiger partial charge in [-0.2, -0.15) is 0 Å². The van der Waals surface area contributed by atoms with Crippen LogP contribution in [0.25, 0.3) is 0 Å². The fourth-order valence-corrected chi connectivity index (χ4v) is 3.20. The number of hydrogen-bond donors (Lipinski definition) is 0. The Bertz CT molecular complexity index is 365. The molecule has 4 nitrogen and oxygen atoms in total. The van der Waals surface area contributed by atoms with E-state index in [1.165, 1.54) is 38.9 Å². The van der Waals surface area contributed by atoms with Crippen LogP contribution in [0.1, 0.15) is 58.3 Å². The number of carbonyl (C=O) groups excluding carboxylic acids is 1. The second kappa shape index (κ2) is 7.41. The van der Waals surface area contributed by atoms with Gasteiger partial charge < -0.3 is 14.2 Å². The van der Waals surface area contributed by atoms with Gasteiger partial charge in [-0.1, -0.05) is 38.7 Å². The third kappa shape index (κ3) is 3.86. The molecule has 0 N–H and O–H groups in total. The van der Waals surface area contributed by atoms with Gasteiger partial charge in [-0.3, -0.25) is 0 Å². The highest BCUT2D eigenvalue weighted by molar-refractivity contribution is 5.82. The molecular formula is C17H28O4. The molecule has 21 heavy (non-hydrogen) atoms. The van der Waals surface area contributed by atoms with Crippen LogP contribution in [-0.2, 0) is 19.0 Å². The number of rotatable bonds is 9. The van der Waals surface area contributed by atoms with E-state index in [1.54, 1.807) is 0 Å². The maximum absolute atomic E-state index is 11.3. The van der Waals surface area contributed by atoms with E-state index in [2.05, 4.69) is 11.7 Å². The van der Waals surface area contributed by atoms with Crippen molar-refractivity contribution in [2.45, 2.75) is 64.1 Å². The summed E-state index contributed by atoms with van der Waals surface area (Å²) in [4.78, 5) is 11.3. The van der Waals surface area contributed by atoms with Gasteiger partial charge in [-0.15, -0.1) is 0 Å². The van der Waals surface area contributed by atoms with Crippen LogP contribution in [0, 0.1) is 5.41 Å². The Morgan fingerprint density at radius 2 is 1.81 bits per heavy atom. The van der Waals surface area contributed by atoms with Gasteiger partial charge in [0.2, 0.25) is 0 Å². The van der Waals surface area contributed by atoms with Crippen molar-refractivity contribution in [3.8, 4) is 0 Å². The molecule has 0 atom stereocenters. The molecule has 1 aliphatic heterocycles. The number of methoxy groups -OCH3 is 1. The third-order valence-electron chi connectivity index (χ3n) is 4.65. The molecule has 2 rings (SSSR count). The third-order valence-corrected chi connectivity index (χ3v) is 4.65. The summed E-state index contributed by atoms with van der Waals surface area (Å²) in [7, 11) is 1.40. The van der Waals surface area contributed by atoms with Gasteiger partial charge in [0.05, 0.1) is 20.3 Å². The van der Waals surface area contributed by atoms with Crippen molar-refractivity contribution in [3.63, 3.8) is 0 Å². The molecule has 1 saturated carbocycles. The van der Waals surface area contributed by atoms with E-state index >= 15 is 0 Å². The van der Waals surface area contributed by atoms with E-state index in [0.717, 1.165) is 25.7 Å². The molecule has 0 bridgehead atoms. The molecule has 4 heteroatoms. The number of carbonyl (C=O) groups is 1. The average molecular weight is 296 g/mol. The lowest BCUT2D eigenvalue weighted by Crippen LogP contribution is -2.40. The fraction of sp³-hybridized carbons (Fsp3) is 0.824. The maximum Gasteiger partial charge on any atom is 0.330 e. The van der Waals surface area contributed by atoms with Crippen molar-refractivity contribution in [3.05, 3.63) is 12.2 Å². The zero-order chi connectivity index (χ0) is 15.2. The minimum absolute atomic E-state index is 0.123. The van der Waals surface area contributed by atoms with Crippen LogP contribution in [0.15, 0.2) is 12.2 Å². The summed E-state index contributed by atoms with van der Waals surface area (Å²) in [5.41, 5.74) is -0.123. The summed E-state index contributed by atoms with van der Waals surface area (Å²) in [6.07, 6.45) is 12.6. The molecule has 0 radical (unpaired) electrons. The van der Waals surface area contributed by atoms with Crippen molar-refractivity contribution in [1.29, 1.82) is 0 Å². The van der Waals surface area contributed by atoms with Gasteiger partial charge in [0.25, 0.3) is 0 Å². The van der Waals surface area contributed by atoms with Gasteiger partial charge in [-0.05, 0) is 19.3 Å². The van der Waals surface area contributed by atoms with Crippen LogP contribution in [0.4, 0.5) is 0 Å². The number of hydrogen-bond acceptors (Lipinski definition) is 4. The van der Waals surface area contributed by atoms with E-state index in [9.17, 15) is 4.79 Å². The summed E-state index contributed by atoms with van der Waals surface area (Å²) in [6, 6.07) is 0. The topological polar surface area (TPSA) is 44.8 Å². The smallest absolute Gasteiger partial charge is 0.330 e. The van der Waals surface area contributed by atoms with Crippen molar-refractivity contribution >= 4 is 5.97 Å². The average Bonchev–Trinajstić information content (AvgIpc) is 3.16. The highest BCUT2D eigenvalue weighted by Crippen LogP contribution is 2.60. The Kier molecular flexibility index (Phi) is 5.82. The highest BCUT2D eigenvalue weighted by Gasteiger charge is 2.61. The van der Waals surface area contributed by atoms with Crippen molar-refractivity contribution in [2.75, 3.05) is 20.3 Å². The Hall–Kier alpha value is -0.870. The Balaban J connectivity index is 1.94. The van der Waals surface area contributed by atoms with Crippen LogP contribution in [0.3, 0.4) is 0 Å². The van der Waals surface area contributed by atoms with Crippen LogP contribution in [0.2, 0.25) is 0 Å². The van der Waals surface area contributed by atoms with E-state index in [-0.39, 0.29) is 11.4 Å². The molecule has 0 spiro atoms. The predicted molar refractivity (Wildman–Crippen MR) is 80.8 cm³/mol. The summed E-state index contributed by atoms with van der Waals surface area (Å²) in [5, 5.41) is 0. The Morgan fingerprint density at radius 3 is 2.38 bits per heavy atom. The first-order chi connectivity index (χ1) is 10.2. The molecule has 0 aromatic heterocycles. The first kappa shape index (κ1) is 16.5. The zero-order valence-electron chi connectivity index (χ0n) is 13.4. The molecular weight excluding hydrogens is 268 g/mol. The Morgan fingerprint density at radius 1 is 1.14 bits per heavy atom. The molecule has 1 aliphatic carbocycles. The molecule has 0 unspecified atom stereocenters. The van der Waals surface area contributed by atoms with E-state index in [0.29, 0.717) is 13.2 Å². The van der Waals surface area contributed by atoms with Crippen LogP contribution in [0.5, 0.6) is 0 Å². The largest absolute Gasteiger partial charge is 0.466 e. The van der Waals surface area contributed by atoms with Crippen molar-refractivity contribution < 1.29 is 19.0 Å². The minimum atomic E-state index is -0.510. The molecule has 1 heterocycles. The minimum Gasteiger partial charge on any atom is -0.466 e. The summed E-state index contributed by atoms with van der Waals surface area (Å²) in [6.45, 7) is 3.53. The number of esters is 1. The highest BCUT2D eigenvalue weighted by atomic mass is 16.7. The van der Waals surface area contributed by atoms with Gasteiger partial charge in [0, 0.05) is 17.9 Å². The summed E-state index contributed by atoms with van der Waals surface area (Å²) >= 11 is 0. The van der Waals surface area contributed by atoms with E-state index < -0.39 is 5.79 Å². The summed E-state index contributed by atoms with van der Waals surface area (Å²) < 4.78 is 16.7. The van der Waals surface area contributed by atoms with Crippen molar-refractivity contribution in [2.24, 2.45) is 5.41 Å². The fourth-order valence-electron chi connectivity index (χ4n) is 3.20. The molecule has 0 aromatic rings. The molecule has 2 aliphatic rings. The first-order valence-corrected chi connectivity index (χ1v) is 8.23. The second-order valence-corrected chi connectivity index (χ2v) is 6.13. The second-order valence-electron chi connectivity index (χ2n) is 6.13. The van der Waals surface area contributed by atoms with Gasteiger partial charge >= 0.3 is 5.97 Å². The van der Waals surface area contributed by atoms with Gasteiger partial charge in [-0.25, -0.2) is 4.79 Å². The zero-order valence-corrected chi connectivity index (χ0v) is 13.4. The van der Waals surface area contributed by atoms with Gasteiger partial charge in [0.15, 0.2) is 5.79 Å². The lowest BCUT2D eigenvalue weighted by Gasteiger charge is -2.34. The molecule has 120 valence electrons. The summed E-state index contributed by atoms with van der Waals surface area (Å²) in [5.74, 6) is -0.818. The van der Waals surface area contributed by atoms with E-state index in [4.69, 9.17) is 9.47 Å². The van der Waals surface area contributed by atoms with Crippen LogP contribution < -0.4 is 0 Å². The standard InChI is InChI=1S/C17H28O4/c1-3-4-5-6-7-9-17(20-13-14-21-17)16(11-12-16)10-8-15(18)19-2/h8,10H,3-7,9,11-14H2,1-2H3. The van der Waals surface area contributed by atoms with E-state index in [1.807, 2.05) is 6.08 Å². The molecule has 2 fully saturated rings. The number of unbranched alkanes of at least 4 members (excludes halogenated alkanes) is 4. The number of ether oxygens (including phenoxy) is 3.